The lowest BCUT2D eigenvalue weighted by molar-refractivity contribution is -0.159. The Labute approximate surface area is 269 Å². The van der Waals surface area contributed by atoms with Gasteiger partial charge in [-0.3, -0.25) is 14.4 Å². The molecule has 5 amide bonds. The van der Waals surface area contributed by atoms with Crippen molar-refractivity contribution in [2.75, 3.05) is 13.1 Å². The van der Waals surface area contributed by atoms with Crippen LogP contribution in [0.25, 0.3) is 0 Å². The average Bonchev–Trinajstić information content (AvgIpc) is 3.36. The molecule has 0 radical (unpaired) electrons. The number of hydrogen-bond acceptors (Lipinski definition) is 9. The van der Waals surface area contributed by atoms with E-state index in [4.69, 9.17) is 19.9 Å². The first-order valence-electron chi connectivity index (χ1n) is 15.5. The number of ether oxygens (including phenoxy) is 3. The number of carbonyl (C=O) groups excluding carboxylic acids is 6. The molecule has 2 fully saturated rings. The number of benzene rings is 1. The number of fused-ring (bicyclic) bond motifs is 1. The number of nitrogens with zero attached hydrogens (tertiary/aromatic N) is 2. The van der Waals surface area contributed by atoms with Crippen LogP contribution in [0.2, 0.25) is 0 Å². The molecular weight excluding hydrogens is 598 g/mol. The normalized spacial score (nSPS) is 20.8. The molecule has 0 bridgehead atoms. The van der Waals surface area contributed by atoms with Crippen molar-refractivity contribution in [1.29, 1.82) is 0 Å². The summed E-state index contributed by atoms with van der Waals surface area (Å²) in [5, 5.41) is 5.24. The molecular formula is C32H47N5O9. The number of nitrogens with one attached hydrogen (secondary N) is 2. The SMILES string of the molecule is CC(C)(C)OC(=O)N[C@H]1CN(C(=O)OCc2ccccc2)CC[C@H]2CC[C@@H](C(=O)N[C@@H](CCC(N)=O)C(=O)OC(C)(C)C)N2C1=O. The van der Waals surface area contributed by atoms with Crippen LogP contribution in [0.15, 0.2) is 30.3 Å². The number of rotatable bonds is 9. The van der Waals surface area contributed by atoms with Crippen molar-refractivity contribution in [3.05, 3.63) is 35.9 Å². The molecule has 1 aromatic rings. The molecule has 3 rings (SSSR count). The molecule has 4 N–H and O–H groups in total. The molecule has 2 aliphatic rings. The molecule has 2 aliphatic heterocycles. The highest BCUT2D eigenvalue weighted by molar-refractivity contribution is 5.94. The number of esters is 1. The first kappa shape index (κ1) is 36.1. The maximum Gasteiger partial charge on any atom is 0.410 e. The van der Waals surface area contributed by atoms with Gasteiger partial charge in [0, 0.05) is 19.0 Å². The van der Waals surface area contributed by atoms with E-state index in [0.717, 1.165) is 5.56 Å². The minimum Gasteiger partial charge on any atom is -0.458 e. The molecule has 1 aromatic carbocycles. The minimum absolute atomic E-state index is 0.0284. The van der Waals surface area contributed by atoms with Crippen LogP contribution in [0, 0.1) is 0 Å². The molecule has 0 saturated carbocycles. The average molecular weight is 646 g/mol. The van der Waals surface area contributed by atoms with E-state index >= 15 is 0 Å². The summed E-state index contributed by atoms with van der Waals surface area (Å²) in [6.45, 7) is 10.1. The first-order valence-corrected chi connectivity index (χ1v) is 15.5. The number of nitrogens with two attached hydrogens (primary N) is 1. The molecule has 254 valence electrons. The van der Waals surface area contributed by atoms with Gasteiger partial charge in [-0.15, -0.1) is 0 Å². The molecule has 0 spiro atoms. The summed E-state index contributed by atoms with van der Waals surface area (Å²) in [5.74, 6) is -2.57. The highest BCUT2D eigenvalue weighted by Crippen LogP contribution is 2.30. The van der Waals surface area contributed by atoms with Crippen LogP contribution in [0.1, 0.15) is 79.2 Å². The van der Waals surface area contributed by atoms with Crippen LogP contribution >= 0.6 is 0 Å². The monoisotopic (exact) mass is 645 g/mol. The topological polar surface area (TPSA) is 187 Å². The predicted octanol–water partition coefficient (Wildman–Crippen LogP) is 2.37. The largest absolute Gasteiger partial charge is 0.458 e. The maximum atomic E-state index is 14.1. The van der Waals surface area contributed by atoms with E-state index in [-0.39, 0.29) is 39.0 Å². The molecule has 14 nitrogen and oxygen atoms in total. The standard InChI is InChI=1S/C32H47N5O9/c1-31(2,3)45-28(41)22(13-15-25(33)38)34-26(39)24-14-12-21-16-17-36(30(43)44-19-20-10-8-7-9-11-20)18-23(27(40)37(21)24)35-29(42)46-32(4,5)6/h7-11,21-24H,12-19H2,1-6H3,(H2,33,38)(H,34,39)(H,35,42)/t21-,22+,23+,24+/m1/s1. The summed E-state index contributed by atoms with van der Waals surface area (Å²) in [7, 11) is 0. The van der Waals surface area contributed by atoms with Crippen LogP contribution in [0.3, 0.4) is 0 Å². The van der Waals surface area contributed by atoms with Gasteiger partial charge < -0.3 is 40.4 Å². The summed E-state index contributed by atoms with van der Waals surface area (Å²) in [6, 6.07) is 5.29. The van der Waals surface area contributed by atoms with Gasteiger partial charge in [-0.1, -0.05) is 30.3 Å². The van der Waals surface area contributed by atoms with Crippen LogP contribution < -0.4 is 16.4 Å². The van der Waals surface area contributed by atoms with Crippen molar-refractivity contribution in [2.45, 2.75) is 116 Å². The molecule has 2 saturated heterocycles. The van der Waals surface area contributed by atoms with E-state index in [0.29, 0.717) is 12.8 Å². The van der Waals surface area contributed by atoms with Crippen molar-refractivity contribution < 1.29 is 43.0 Å². The van der Waals surface area contributed by atoms with Crippen molar-refractivity contribution in [3.8, 4) is 0 Å². The zero-order valence-electron chi connectivity index (χ0n) is 27.5. The van der Waals surface area contributed by atoms with Gasteiger partial charge in [0.05, 0.1) is 6.54 Å². The second-order valence-electron chi connectivity index (χ2n) is 13.6. The molecule has 0 aromatic heterocycles. The Morgan fingerprint density at radius 2 is 1.61 bits per heavy atom. The van der Waals surface area contributed by atoms with E-state index in [9.17, 15) is 28.8 Å². The van der Waals surface area contributed by atoms with Crippen LogP contribution in [0.5, 0.6) is 0 Å². The zero-order chi connectivity index (χ0) is 34.2. The first-order chi connectivity index (χ1) is 21.4. The van der Waals surface area contributed by atoms with Crippen molar-refractivity contribution in [3.63, 3.8) is 0 Å². The van der Waals surface area contributed by atoms with Gasteiger partial charge in [0.1, 0.15) is 35.9 Å². The third-order valence-corrected chi connectivity index (χ3v) is 7.33. The summed E-state index contributed by atoms with van der Waals surface area (Å²) < 4.78 is 16.4. The van der Waals surface area contributed by atoms with E-state index in [1.807, 2.05) is 30.3 Å². The Balaban J connectivity index is 1.82. The van der Waals surface area contributed by atoms with E-state index in [1.165, 1.54) is 9.80 Å². The van der Waals surface area contributed by atoms with Crippen molar-refractivity contribution in [2.24, 2.45) is 5.73 Å². The van der Waals surface area contributed by atoms with Gasteiger partial charge in [-0.2, -0.15) is 0 Å². The lowest BCUT2D eigenvalue weighted by Gasteiger charge is -2.38. The molecule has 0 unspecified atom stereocenters. The molecule has 46 heavy (non-hydrogen) atoms. The fourth-order valence-corrected chi connectivity index (χ4v) is 5.34. The van der Waals surface area contributed by atoms with E-state index < -0.39 is 71.2 Å². The van der Waals surface area contributed by atoms with Gasteiger partial charge >= 0.3 is 18.2 Å². The number of amides is 5. The van der Waals surface area contributed by atoms with Crippen LogP contribution in [-0.2, 0) is 40.0 Å². The number of primary amides is 1. The fraction of sp³-hybridized carbons (Fsp3) is 0.625. The predicted molar refractivity (Wildman–Crippen MR) is 166 cm³/mol. The summed E-state index contributed by atoms with van der Waals surface area (Å²) >= 11 is 0. The Bertz CT molecular complexity index is 1270. The Kier molecular flexibility index (Phi) is 12.0. The molecule has 4 atom stereocenters. The molecule has 0 aliphatic carbocycles. The van der Waals surface area contributed by atoms with Crippen LogP contribution in [0.4, 0.5) is 9.59 Å². The minimum atomic E-state index is -1.26. The van der Waals surface area contributed by atoms with Crippen molar-refractivity contribution >= 4 is 35.9 Å². The lowest BCUT2D eigenvalue weighted by atomic mass is 10.1. The van der Waals surface area contributed by atoms with Gasteiger partial charge in [0.2, 0.25) is 17.7 Å². The quantitative estimate of drug-likeness (QED) is 0.268. The highest BCUT2D eigenvalue weighted by Gasteiger charge is 2.46. The third kappa shape index (κ3) is 10.9. The van der Waals surface area contributed by atoms with Gasteiger partial charge in [0.25, 0.3) is 0 Å². The Hall–Kier alpha value is -4.36. The molecule has 2 heterocycles. The number of carbonyl (C=O) groups is 6. The number of alkyl carbamates (subject to hydrolysis) is 1. The van der Waals surface area contributed by atoms with E-state index in [1.54, 1.807) is 41.5 Å². The smallest absolute Gasteiger partial charge is 0.410 e. The second-order valence-corrected chi connectivity index (χ2v) is 13.6. The zero-order valence-corrected chi connectivity index (χ0v) is 27.5. The van der Waals surface area contributed by atoms with Crippen LogP contribution in [-0.4, -0.2) is 94.1 Å². The lowest BCUT2D eigenvalue weighted by Crippen LogP contribution is -2.62. The fourth-order valence-electron chi connectivity index (χ4n) is 5.34. The second kappa shape index (κ2) is 15.3. The maximum absolute atomic E-state index is 14.1. The van der Waals surface area contributed by atoms with Gasteiger partial charge in [-0.25, -0.2) is 14.4 Å². The molecule has 14 heteroatoms. The third-order valence-electron chi connectivity index (χ3n) is 7.33. The summed E-state index contributed by atoms with van der Waals surface area (Å²) in [4.78, 5) is 80.9. The van der Waals surface area contributed by atoms with Gasteiger partial charge in [0.15, 0.2) is 0 Å². The van der Waals surface area contributed by atoms with E-state index in [2.05, 4.69) is 10.6 Å². The highest BCUT2D eigenvalue weighted by atomic mass is 16.6. The van der Waals surface area contributed by atoms with Gasteiger partial charge in [-0.05, 0) is 72.8 Å². The summed E-state index contributed by atoms with van der Waals surface area (Å²) in [5.41, 5.74) is 4.38. The number of hydrogen-bond donors (Lipinski definition) is 3. The summed E-state index contributed by atoms with van der Waals surface area (Å²) in [6.07, 6.45) is -0.696. The van der Waals surface area contributed by atoms with Crippen molar-refractivity contribution in [1.82, 2.24) is 20.4 Å². The Morgan fingerprint density at radius 3 is 2.22 bits per heavy atom. The Morgan fingerprint density at radius 1 is 0.957 bits per heavy atom.